The third kappa shape index (κ3) is 2.87. The van der Waals surface area contributed by atoms with Crippen molar-refractivity contribution >= 4 is 40.8 Å². The van der Waals surface area contributed by atoms with E-state index in [2.05, 4.69) is 9.72 Å². The molecule has 2 aromatic rings. The molecule has 0 atom stereocenters. The molecule has 104 valence electrons. The van der Waals surface area contributed by atoms with Crippen LogP contribution in [0.5, 0.6) is 0 Å². The van der Waals surface area contributed by atoms with Gasteiger partial charge < -0.3 is 4.74 Å². The number of pyridine rings is 1. The number of hydrogen-bond donors (Lipinski definition) is 0. The average Bonchev–Trinajstić information content (AvgIpc) is 2.42. The summed E-state index contributed by atoms with van der Waals surface area (Å²) in [7, 11) is 1.18. The van der Waals surface area contributed by atoms with Crippen LogP contribution in [0.25, 0.3) is 11.3 Å². The number of hydrogen-bond acceptors (Lipinski definition) is 3. The zero-order valence-electron chi connectivity index (χ0n) is 10.1. The normalized spacial score (nSPS) is 10.4. The molecule has 3 nitrogen and oxygen atoms in total. The van der Waals surface area contributed by atoms with E-state index < -0.39 is 11.8 Å². The fraction of sp³-hybridized carbons (Fsp3) is 0.0769. The first-order chi connectivity index (χ1) is 9.43. The minimum atomic E-state index is -0.737. The summed E-state index contributed by atoms with van der Waals surface area (Å²) >= 11 is 17.9. The van der Waals surface area contributed by atoms with Crippen LogP contribution in [0, 0.1) is 5.82 Å². The quantitative estimate of drug-likeness (QED) is 0.593. The van der Waals surface area contributed by atoms with Gasteiger partial charge in [-0.25, -0.2) is 9.18 Å². The summed E-state index contributed by atoms with van der Waals surface area (Å²) in [6.45, 7) is 0. The lowest BCUT2D eigenvalue weighted by Gasteiger charge is -2.10. The maximum Gasteiger partial charge on any atom is 0.340 e. The topological polar surface area (TPSA) is 39.2 Å². The highest BCUT2D eigenvalue weighted by molar-refractivity contribution is 6.45. The summed E-state index contributed by atoms with van der Waals surface area (Å²) in [5.41, 5.74) is 0.407. The van der Waals surface area contributed by atoms with E-state index >= 15 is 0 Å². The Morgan fingerprint density at radius 1 is 1.25 bits per heavy atom. The van der Waals surface area contributed by atoms with Gasteiger partial charge in [-0.15, -0.1) is 0 Å². The van der Waals surface area contributed by atoms with E-state index in [9.17, 15) is 9.18 Å². The van der Waals surface area contributed by atoms with Gasteiger partial charge in [0, 0.05) is 10.6 Å². The Balaban J connectivity index is 2.73. The third-order valence-electron chi connectivity index (χ3n) is 2.51. The highest BCUT2D eigenvalue weighted by atomic mass is 35.5. The second-order valence-electron chi connectivity index (χ2n) is 3.79. The first-order valence-electron chi connectivity index (χ1n) is 5.32. The fourth-order valence-corrected chi connectivity index (χ4v) is 2.34. The molecule has 2 rings (SSSR count). The van der Waals surface area contributed by atoms with Gasteiger partial charge in [-0.1, -0.05) is 34.8 Å². The molecule has 0 amide bonds. The van der Waals surface area contributed by atoms with Crippen molar-refractivity contribution in [3.8, 4) is 11.3 Å². The van der Waals surface area contributed by atoms with Crippen LogP contribution in [0.15, 0.2) is 24.4 Å². The molecule has 7 heteroatoms. The van der Waals surface area contributed by atoms with Crippen molar-refractivity contribution in [3.63, 3.8) is 0 Å². The highest BCUT2D eigenvalue weighted by Crippen LogP contribution is 2.37. The lowest BCUT2D eigenvalue weighted by Crippen LogP contribution is -2.06. The predicted molar refractivity (Wildman–Crippen MR) is 76.0 cm³/mol. The minimum absolute atomic E-state index is 0.0623. The number of nitrogens with zero attached hydrogens (tertiary/aromatic N) is 1. The van der Waals surface area contributed by atoms with Gasteiger partial charge in [0.2, 0.25) is 0 Å². The first-order valence-corrected chi connectivity index (χ1v) is 6.46. The van der Waals surface area contributed by atoms with Crippen LogP contribution in [-0.2, 0) is 4.74 Å². The number of benzene rings is 1. The van der Waals surface area contributed by atoms with Gasteiger partial charge in [0.15, 0.2) is 0 Å². The highest BCUT2D eigenvalue weighted by Gasteiger charge is 2.19. The maximum atomic E-state index is 13.3. The van der Waals surface area contributed by atoms with Crippen molar-refractivity contribution in [1.82, 2.24) is 4.98 Å². The second kappa shape index (κ2) is 5.95. The molecular formula is C13H7Cl3FNO2. The smallest absolute Gasteiger partial charge is 0.340 e. The molecule has 0 spiro atoms. The number of ether oxygens (including phenoxy) is 1. The SMILES string of the molecule is COC(=O)c1cc(F)cnc1-c1cc(Cl)cc(Cl)c1Cl. The van der Waals surface area contributed by atoms with Gasteiger partial charge in [0.05, 0.1) is 34.6 Å². The number of halogens is 4. The zero-order chi connectivity index (χ0) is 14.9. The van der Waals surface area contributed by atoms with Crippen molar-refractivity contribution in [2.75, 3.05) is 7.11 Å². The minimum Gasteiger partial charge on any atom is -0.465 e. The maximum absolute atomic E-state index is 13.3. The lowest BCUT2D eigenvalue weighted by molar-refractivity contribution is 0.0600. The van der Waals surface area contributed by atoms with E-state index in [0.717, 1.165) is 12.3 Å². The van der Waals surface area contributed by atoms with Crippen LogP contribution < -0.4 is 0 Å². The number of rotatable bonds is 2. The van der Waals surface area contributed by atoms with E-state index in [1.165, 1.54) is 19.2 Å². The molecule has 1 aromatic carbocycles. The van der Waals surface area contributed by atoms with E-state index in [4.69, 9.17) is 34.8 Å². The largest absolute Gasteiger partial charge is 0.465 e. The molecule has 0 aliphatic carbocycles. The Labute approximate surface area is 129 Å². The van der Waals surface area contributed by atoms with Gasteiger partial charge >= 0.3 is 5.97 Å². The molecule has 0 saturated carbocycles. The number of aromatic nitrogens is 1. The summed E-state index contributed by atoms with van der Waals surface area (Å²) in [6.07, 6.45) is 0.965. The van der Waals surface area contributed by atoms with Crippen LogP contribution in [0.3, 0.4) is 0 Å². The molecule has 20 heavy (non-hydrogen) atoms. The molecule has 0 N–H and O–H groups in total. The standard InChI is InChI=1S/C13H7Cl3FNO2/c1-20-13(19)9-4-7(17)5-18-12(9)8-2-6(14)3-10(15)11(8)16/h2-5H,1H3. The summed E-state index contributed by atoms with van der Waals surface area (Å²) in [4.78, 5) is 15.6. The molecule has 1 aromatic heterocycles. The molecule has 0 saturated heterocycles. The number of carbonyl (C=O) groups is 1. The van der Waals surface area contributed by atoms with E-state index in [1.807, 2.05) is 0 Å². The van der Waals surface area contributed by atoms with E-state index in [1.54, 1.807) is 0 Å². The van der Waals surface area contributed by atoms with Gasteiger partial charge in [0.1, 0.15) is 5.82 Å². The van der Waals surface area contributed by atoms with Crippen molar-refractivity contribution in [1.29, 1.82) is 0 Å². The van der Waals surface area contributed by atoms with Crippen molar-refractivity contribution < 1.29 is 13.9 Å². The summed E-state index contributed by atoms with van der Waals surface area (Å²) < 4.78 is 17.9. The molecular weight excluding hydrogens is 328 g/mol. The van der Waals surface area contributed by atoms with Gasteiger partial charge in [0.25, 0.3) is 0 Å². The number of methoxy groups -OCH3 is 1. The fourth-order valence-electron chi connectivity index (χ4n) is 1.65. The molecule has 0 unspecified atom stereocenters. The van der Waals surface area contributed by atoms with Crippen LogP contribution in [-0.4, -0.2) is 18.1 Å². The molecule has 1 heterocycles. The van der Waals surface area contributed by atoms with Gasteiger partial charge in [-0.3, -0.25) is 4.98 Å². The van der Waals surface area contributed by atoms with Crippen molar-refractivity contribution in [2.45, 2.75) is 0 Å². The first kappa shape index (κ1) is 15.0. The van der Waals surface area contributed by atoms with E-state index in [-0.39, 0.29) is 21.3 Å². The third-order valence-corrected chi connectivity index (χ3v) is 3.53. The number of esters is 1. The van der Waals surface area contributed by atoms with Gasteiger partial charge in [-0.2, -0.15) is 0 Å². The summed E-state index contributed by atoms with van der Waals surface area (Å²) in [5, 5.41) is 0.688. The monoisotopic (exact) mass is 333 g/mol. The van der Waals surface area contributed by atoms with Crippen molar-refractivity contribution in [2.24, 2.45) is 0 Å². The Morgan fingerprint density at radius 3 is 2.60 bits per heavy atom. The summed E-state index contributed by atoms with van der Waals surface area (Å²) in [6, 6.07) is 3.96. The lowest BCUT2D eigenvalue weighted by atomic mass is 10.1. The van der Waals surface area contributed by atoms with Gasteiger partial charge in [-0.05, 0) is 18.2 Å². The van der Waals surface area contributed by atoms with Crippen LogP contribution in [0.1, 0.15) is 10.4 Å². The van der Waals surface area contributed by atoms with Crippen LogP contribution in [0.4, 0.5) is 4.39 Å². The zero-order valence-corrected chi connectivity index (χ0v) is 12.4. The Morgan fingerprint density at radius 2 is 1.95 bits per heavy atom. The number of carbonyl (C=O) groups excluding carboxylic acids is 1. The molecule has 0 bridgehead atoms. The Kier molecular flexibility index (Phi) is 4.48. The van der Waals surface area contributed by atoms with Crippen LogP contribution >= 0.6 is 34.8 Å². The average molecular weight is 335 g/mol. The van der Waals surface area contributed by atoms with E-state index in [0.29, 0.717) is 10.6 Å². The summed E-state index contributed by atoms with van der Waals surface area (Å²) in [5.74, 6) is -1.41. The molecule has 0 aliphatic heterocycles. The van der Waals surface area contributed by atoms with Crippen molar-refractivity contribution in [3.05, 3.63) is 50.8 Å². The Hall–Kier alpha value is -1.36. The molecule has 0 aliphatic rings. The second-order valence-corrected chi connectivity index (χ2v) is 5.01. The molecule has 0 fully saturated rings. The van der Waals surface area contributed by atoms with Crippen LogP contribution in [0.2, 0.25) is 15.1 Å². The Bertz CT molecular complexity index is 692. The molecule has 0 radical (unpaired) electrons. The predicted octanol–water partition coefficient (Wildman–Crippen LogP) is 4.63.